The standard InChI is InChI=1S/C18H15FN2O2/c19-15-7-6-14(13-4-2-1-3-5-13)8-10-20-18(15)21-11-9-16(22)17(23)12-21/h1-5,8-12,23H,6-7H2/b14-8+,18-15-,20-10-. The summed E-state index contributed by atoms with van der Waals surface area (Å²) in [5, 5.41) is 9.49. The molecule has 1 aliphatic heterocycles. The van der Waals surface area contributed by atoms with Crippen molar-refractivity contribution >= 4 is 17.6 Å². The van der Waals surface area contributed by atoms with E-state index in [2.05, 4.69) is 4.99 Å². The van der Waals surface area contributed by atoms with Crippen molar-refractivity contribution < 1.29 is 9.50 Å². The number of allylic oxidation sites excluding steroid dienone is 3. The first-order chi connectivity index (χ1) is 11.1. The second-order valence-electron chi connectivity index (χ2n) is 5.17. The van der Waals surface area contributed by atoms with Crippen LogP contribution in [0.5, 0.6) is 5.75 Å². The number of aromatic nitrogens is 1. The van der Waals surface area contributed by atoms with Crippen molar-refractivity contribution in [1.29, 1.82) is 0 Å². The molecule has 0 fully saturated rings. The minimum Gasteiger partial charge on any atom is -0.503 e. The molecule has 0 saturated heterocycles. The summed E-state index contributed by atoms with van der Waals surface area (Å²) >= 11 is 0. The van der Waals surface area contributed by atoms with Gasteiger partial charge in [0.2, 0.25) is 5.43 Å². The summed E-state index contributed by atoms with van der Waals surface area (Å²) in [5.41, 5.74) is 1.53. The zero-order chi connectivity index (χ0) is 16.2. The molecule has 1 aliphatic rings. The number of nitrogens with zero attached hydrogens (tertiary/aromatic N) is 2. The van der Waals surface area contributed by atoms with Gasteiger partial charge >= 0.3 is 0 Å². The number of halogens is 1. The van der Waals surface area contributed by atoms with Gasteiger partial charge in [0.25, 0.3) is 0 Å². The van der Waals surface area contributed by atoms with Gasteiger partial charge in [-0.2, -0.15) is 0 Å². The number of benzene rings is 1. The molecule has 0 aliphatic carbocycles. The molecule has 2 heterocycles. The van der Waals surface area contributed by atoms with E-state index in [1.165, 1.54) is 23.0 Å². The number of rotatable bonds is 2. The molecule has 3 rings (SSSR count). The second kappa shape index (κ2) is 6.44. The van der Waals surface area contributed by atoms with Crippen molar-refractivity contribution in [2.75, 3.05) is 0 Å². The van der Waals surface area contributed by atoms with Crippen LogP contribution in [0.15, 0.2) is 70.5 Å². The van der Waals surface area contributed by atoms with Gasteiger partial charge in [-0.25, -0.2) is 9.38 Å². The Balaban J connectivity index is 1.95. The monoisotopic (exact) mass is 310 g/mol. The fourth-order valence-electron chi connectivity index (χ4n) is 2.41. The molecule has 0 spiro atoms. The molecule has 0 unspecified atom stereocenters. The normalized spacial score (nSPS) is 21.9. The number of hydrogen-bond donors (Lipinski definition) is 1. The predicted molar refractivity (Wildman–Crippen MR) is 88.8 cm³/mol. The molecule has 1 aromatic heterocycles. The molecular formula is C18H15FN2O2. The van der Waals surface area contributed by atoms with Gasteiger partial charge in [0, 0.05) is 24.9 Å². The molecule has 0 amide bonds. The molecule has 5 heteroatoms. The van der Waals surface area contributed by atoms with E-state index in [0.29, 0.717) is 6.42 Å². The largest absolute Gasteiger partial charge is 0.503 e. The second-order valence-corrected chi connectivity index (χ2v) is 5.17. The predicted octanol–water partition coefficient (Wildman–Crippen LogP) is 3.60. The van der Waals surface area contributed by atoms with Crippen LogP contribution in [0.2, 0.25) is 0 Å². The molecule has 0 radical (unpaired) electrons. The van der Waals surface area contributed by atoms with Gasteiger partial charge in [-0.05, 0) is 23.6 Å². The lowest BCUT2D eigenvalue weighted by atomic mass is 10.00. The van der Waals surface area contributed by atoms with Crippen LogP contribution in [0.3, 0.4) is 0 Å². The molecule has 1 N–H and O–H groups in total. The molecule has 0 saturated carbocycles. The van der Waals surface area contributed by atoms with Gasteiger partial charge in [0.15, 0.2) is 11.6 Å². The van der Waals surface area contributed by atoms with Crippen molar-refractivity contribution in [3.63, 3.8) is 0 Å². The lowest BCUT2D eigenvalue weighted by molar-refractivity contribution is 0.465. The van der Waals surface area contributed by atoms with Crippen molar-refractivity contribution in [2.24, 2.45) is 4.99 Å². The van der Waals surface area contributed by atoms with E-state index in [1.54, 1.807) is 0 Å². The summed E-state index contributed by atoms with van der Waals surface area (Å²) in [6, 6.07) is 10.9. The summed E-state index contributed by atoms with van der Waals surface area (Å²) in [4.78, 5) is 15.4. The maximum Gasteiger partial charge on any atom is 0.223 e. The Morgan fingerprint density at radius 2 is 1.91 bits per heavy atom. The van der Waals surface area contributed by atoms with Crippen LogP contribution < -0.4 is 5.43 Å². The highest BCUT2D eigenvalue weighted by Gasteiger charge is 2.12. The van der Waals surface area contributed by atoms with E-state index in [-0.39, 0.29) is 12.2 Å². The van der Waals surface area contributed by atoms with E-state index in [9.17, 15) is 14.3 Å². The molecule has 23 heavy (non-hydrogen) atoms. The van der Waals surface area contributed by atoms with E-state index in [0.717, 1.165) is 17.3 Å². The number of aromatic hydroxyl groups is 1. The molecule has 1 aromatic carbocycles. The van der Waals surface area contributed by atoms with E-state index < -0.39 is 17.0 Å². The highest BCUT2D eigenvalue weighted by Crippen LogP contribution is 2.27. The molecule has 2 aromatic rings. The highest BCUT2D eigenvalue weighted by atomic mass is 19.1. The van der Waals surface area contributed by atoms with E-state index in [1.807, 2.05) is 36.4 Å². The maximum atomic E-state index is 14.5. The highest BCUT2D eigenvalue weighted by molar-refractivity contribution is 5.87. The third-order valence-corrected chi connectivity index (χ3v) is 3.62. The van der Waals surface area contributed by atoms with Crippen molar-refractivity contribution in [3.05, 3.63) is 76.5 Å². The smallest absolute Gasteiger partial charge is 0.223 e. The Bertz CT molecular complexity index is 864. The Morgan fingerprint density at radius 3 is 2.65 bits per heavy atom. The van der Waals surface area contributed by atoms with Crippen LogP contribution in [-0.4, -0.2) is 15.9 Å². The van der Waals surface area contributed by atoms with Crippen molar-refractivity contribution in [2.45, 2.75) is 12.8 Å². The molecule has 4 nitrogen and oxygen atoms in total. The first-order valence-corrected chi connectivity index (χ1v) is 7.24. The lowest BCUT2D eigenvalue weighted by Crippen LogP contribution is -2.06. The summed E-state index contributed by atoms with van der Waals surface area (Å²) in [6.45, 7) is 0. The van der Waals surface area contributed by atoms with Crippen LogP contribution in [-0.2, 0) is 0 Å². The minimum absolute atomic E-state index is 0.0728. The summed E-state index contributed by atoms with van der Waals surface area (Å²) in [6.07, 6.45) is 6.67. The average molecular weight is 310 g/mol. The van der Waals surface area contributed by atoms with E-state index in [4.69, 9.17) is 0 Å². The van der Waals surface area contributed by atoms with Gasteiger partial charge in [0.1, 0.15) is 5.83 Å². The maximum absolute atomic E-state index is 14.5. The Morgan fingerprint density at radius 1 is 1.13 bits per heavy atom. The minimum atomic E-state index is -0.511. The van der Waals surface area contributed by atoms with Gasteiger partial charge in [0.05, 0.1) is 6.20 Å². The van der Waals surface area contributed by atoms with Gasteiger partial charge < -0.3 is 9.67 Å². The lowest BCUT2D eigenvalue weighted by Gasteiger charge is -2.13. The first-order valence-electron chi connectivity index (χ1n) is 7.24. The molecule has 0 atom stereocenters. The molecule has 116 valence electrons. The fourth-order valence-corrected chi connectivity index (χ4v) is 2.41. The number of pyridine rings is 1. The van der Waals surface area contributed by atoms with Gasteiger partial charge in [-0.1, -0.05) is 30.3 Å². The first kappa shape index (κ1) is 15.0. The molecule has 0 bridgehead atoms. The van der Waals surface area contributed by atoms with E-state index >= 15 is 0 Å². The Labute approximate surface area is 132 Å². The van der Waals surface area contributed by atoms with Gasteiger partial charge in [-0.15, -0.1) is 0 Å². The quantitative estimate of drug-likeness (QED) is 0.921. The topological polar surface area (TPSA) is 54.6 Å². The molecular weight excluding hydrogens is 295 g/mol. The van der Waals surface area contributed by atoms with Gasteiger partial charge in [-0.3, -0.25) is 4.79 Å². The van der Waals surface area contributed by atoms with Crippen LogP contribution in [0.4, 0.5) is 4.39 Å². The average Bonchev–Trinajstić information content (AvgIpc) is 2.55. The Hall–Kier alpha value is -2.95. The SMILES string of the molecule is O=c1ccn(C2=C(\F)CC\C(c3ccccc3)=C/C=N\2)cc1O. The van der Waals surface area contributed by atoms with Crippen LogP contribution in [0.1, 0.15) is 18.4 Å². The zero-order valence-electron chi connectivity index (χ0n) is 12.3. The number of aliphatic imine (C=N–C) groups is 1. The summed E-state index contributed by atoms with van der Waals surface area (Å²) < 4.78 is 15.8. The zero-order valence-corrected chi connectivity index (χ0v) is 12.3. The van der Waals surface area contributed by atoms with Crippen molar-refractivity contribution in [1.82, 2.24) is 4.57 Å². The number of hydrogen-bond acceptors (Lipinski definition) is 3. The Kier molecular flexibility index (Phi) is 4.19. The van der Waals surface area contributed by atoms with Crippen LogP contribution in [0, 0.1) is 0 Å². The third kappa shape index (κ3) is 3.29. The van der Waals surface area contributed by atoms with Crippen LogP contribution >= 0.6 is 0 Å². The fraction of sp³-hybridized carbons (Fsp3) is 0.111. The van der Waals surface area contributed by atoms with Crippen LogP contribution in [0.25, 0.3) is 11.4 Å². The summed E-state index contributed by atoms with van der Waals surface area (Å²) in [7, 11) is 0. The summed E-state index contributed by atoms with van der Waals surface area (Å²) in [5.74, 6) is -0.764. The van der Waals surface area contributed by atoms with Crippen molar-refractivity contribution in [3.8, 4) is 5.75 Å². The third-order valence-electron chi connectivity index (χ3n) is 3.62.